The number of nitrogens with two attached hydrogens (primary N) is 1. The van der Waals surface area contributed by atoms with Crippen LogP contribution in [-0.2, 0) is 60.8 Å². The minimum Gasteiger partial charge on any atom is -0.508 e. The lowest BCUT2D eigenvalue weighted by Crippen LogP contribution is -2.61. The molecule has 0 saturated carbocycles. The van der Waals surface area contributed by atoms with Crippen molar-refractivity contribution >= 4 is 59.1 Å². The molecule has 74 heavy (non-hydrogen) atoms. The van der Waals surface area contributed by atoms with Crippen LogP contribution in [0.3, 0.4) is 0 Å². The van der Waals surface area contributed by atoms with Crippen LogP contribution in [0.5, 0.6) is 5.75 Å². The van der Waals surface area contributed by atoms with Crippen LogP contribution in [0.25, 0.3) is 0 Å². The van der Waals surface area contributed by atoms with Crippen LogP contribution in [0.4, 0.5) is 0 Å². The largest absolute Gasteiger partial charge is 0.508 e. The molecule has 9 atom stereocenters. The van der Waals surface area contributed by atoms with Gasteiger partial charge in [0.25, 0.3) is 0 Å². The summed E-state index contributed by atoms with van der Waals surface area (Å²) in [6.45, 7) is 8.11. The van der Waals surface area contributed by atoms with E-state index >= 15 is 0 Å². The standard InChI is InChI=1S/C49H74N10O15/c1-25(2)17-32(50)42(66)59-40(27(5)6)48(72)55-33(18-26(3)4)44(68)52-28(7)41(65)56-36(22-60)46(70)58-38(24-62)47(71)57-37(23-61)45(69)54-34(19-29-11-9-8-10-12-29)43(67)51-21-39(64)53-35(49(73)74)20-30-13-15-31(63)16-14-30/h8-16,25-28,32-38,40,60-63H,17-24,50H2,1-7H3,(H,51,67)(H,52,68)(H,53,64)(H,54,69)(H,55,72)(H,56,65)(H,57,71)(H,58,70)(H,59,66)(H,73,74)/t28-,32-,33-,34-,35-,36-,37-,38-,40-/m0/s1. The van der Waals surface area contributed by atoms with Gasteiger partial charge in [-0.1, -0.05) is 84.0 Å². The Labute approximate surface area is 429 Å². The highest BCUT2D eigenvalue weighted by atomic mass is 16.4. The molecule has 0 heterocycles. The summed E-state index contributed by atoms with van der Waals surface area (Å²) in [7, 11) is 0. The normalized spacial score (nSPS) is 14.8. The second-order valence-electron chi connectivity index (χ2n) is 18.9. The third-order valence-corrected chi connectivity index (χ3v) is 11.2. The van der Waals surface area contributed by atoms with E-state index < -0.39 is 146 Å². The van der Waals surface area contributed by atoms with E-state index in [1.54, 1.807) is 58.0 Å². The fourth-order valence-corrected chi connectivity index (χ4v) is 7.11. The monoisotopic (exact) mass is 1040 g/mol. The molecule has 16 N–H and O–H groups in total. The van der Waals surface area contributed by atoms with Gasteiger partial charge in [0.05, 0.1) is 32.4 Å². The summed E-state index contributed by atoms with van der Waals surface area (Å²) >= 11 is 0. The van der Waals surface area contributed by atoms with Crippen molar-refractivity contribution in [1.82, 2.24) is 47.9 Å². The molecule has 25 heteroatoms. The fourth-order valence-electron chi connectivity index (χ4n) is 7.11. The Morgan fingerprint density at radius 3 is 1.39 bits per heavy atom. The van der Waals surface area contributed by atoms with Crippen molar-refractivity contribution in [3.05, 3.63) is 65.7 Å². The van der Waals surface area contributed by atoms with E-state index in [1.807, 2.05) is 13.8 Å². The van der Waals surface area contributed by atoms with E-state index in [0.29, 0.717) is 17.5 Å². The fraction of sp³-hybridized carbons (Fsp3) is 0.551. The lowest BCUT2D eigenvalue weighted by molar-refractivity contribution is -0.141. The molecule has 0 aliphatic rings. The number of amides is 9. The predicted octanol–water partition coefficient (Wildman–Crippen LogP) is -3.67. The van der Waals surface area contributed by atoms with Crippen LogP contribution in [0.2, 0.25) is 0 Å². The van der Waals surface area contributed by atoms with Crippen LogP contribution >= 0.6 is 0 Å². The molecule has 0 bridgehead atoms. The van der Waals surface area contributed by atoms with Crippen molar-refractivity contribution in [2.75, 3.05) is 26.4 Å². The van der Waals surface area contributed by atoms with E-state index in [0.717, 1.165) is 0 Å². The Morgan fingerprint density at radius 2 is 0.919 bits per heavy atom. The first-order valence-corrected chi connectivity index (χ1v) is 24.1. The summed E-state index contributed by atoms with van der Waals surface area (Å²) in [5.41, 5.74) is 7.04. The quantitative estimate of drug-likeness (QED) is 0.0346. The number of benzene rings is 2. The Balaban J connectivity index is 2.10. The molecule has 410 valence electrons. The SMILES string of the molecule is CC(C)C[C@H](NC(=O)[C@@H](NC(=O)[C@@H](N)CC(C)C)C(C)C)C(=O)N[C@@H](C)C(=O)N[C@@H](CO)C(=O)N[C@@H](CO)C(=O)N[C@@H](CO)C(=O)N[C@@H](Cc1ccccc1)C(=O)NCC(=O)N[C@@H](Cc1ccc(O)cc1)C(=O)O. The van der Waals surface area contributed by atoms with E-state index in [4.69, 9.17) is 5.73 Å². The molecule has 2 rings (SSSR count). The summed E-state index contributed by atoms with van der Waals surface area (Å²) in [5, 5.41) is 70.7. The second kappa shape index (κ2) is 31.4. The first-order valence-electron chi connectivity index (χ1n) is 24.1. The predicted molar refractivity (Wildman–Crippen MR) is 267 cm³/mol. The van der Waals surface area contributed by atoms with Crippen LogP contribution in [0, 0.1) is 17.8 Å². The number of phenolic OH excluding ortho intramolecular Hbond substituents is 1. The molecule has 0 saturated heterocycles. The molecule has 0 spiro atoms. The minimum absolute atomic E-state index is 0.0479. The molecule has 25 nitrogen and oxygen atoms in total. The maximum absolute atomic E-state index is 13.5. The minimum atomic E-state index is -1.84. The van der Waals surface area contributed by atoms with E-state index in [-0.39, 0.29) is 36.8 Å². The van der Waals surface area contributed by atoms with Crippen LogP contribution in [0.1, 0.15) is 72.4 Å². The summed E-state index contributed by atoms with van der Waals surface area (Å²) in [4.78, 5) is 131. The number of aromatic hydroxyl groups is 1. The number of nitrogens with one attached hydrogen (secondary N) is 9. The highest BCUT2D eigenvalue weighted by molar-refractivity contribution is 5.98. The van der Waals surface area contributed by atoms with Crippen molar-refractivity contribution in [2.24, 2.45) is 23.5 Å². The molecular formula is C49H74N10O15. The first-order chi connectivity index (χ1) is 34.8. The van der Waals surface area contributed by atoms with Gasteiger partial charge in [0.15, 0.2) is 0 Å². The third-order valence-electron chi connectivity index (χ3n) is 11.2. The van der Waals surface area contributed by atoms with Crippen molar-refractivity contribution in [3.63, 3.8) is 0 Å². The molecule has 9 amide bonds. The lowest BCUT2D eigenvalue weighted by atomic mass is 9.98. The number of aliphatic hydroxyl groups is 3. The summed E-state index contributed by atoms with van der Waals surface area (Å²) in [6, 6.07) is 1.14. The molecule has 2 aromatic carbocycles. The zero-order chi connectivity index (χ0) is 55.8. The number of aliphatic hydroxyl groups excluding tert-OH is 3. The van der Waals surface area contributed by atoms with Crippen molar-refractivity contribution in [1.29, 1.82) is 0 Å². The molecule has 0 fully saturated rings. The Bertz CT molecular complexity index is 2210. The van der Waals surface area contributed by atoms with E-state index in [9.17, 15) is 73.5 Å². The Hall–Kier alpha value is -7.22. The highest BCUT2D eigenvalue weighted by Gasteiger charge is 2.34. The van der Waals surface area contributed by atoms with Gasteiger partial charge in [-0.05, 0) is 60.8 Å². The van der Waals surface area contributed by atoms with Crippen LogP contribution in [0.15, 0.2) is 54.6 Å². The van der Waals surface area contributed by atoms with E-state index in [1.165, 1.54) is 31.2 Å². The van der Waals surface area contributed by atoms with Crippen LogP contribution < -0.4 is 53.6 Å². The van der Waals surface area contributed by atoms with Crippen molar-refractivity contribution < 1.29 is 73.5 Å². The number of rotatable bonds is 31. The number of hydrogen-bond donors (Lipinski definition) is 15. The third kappa shape index (κ3) is 21.9. The summed E-state index contributed by atoms with van der Waals surface area (Å²) in [6.07, 6.45) is 0.177. The van der Waals surface area contributed by atoms with Crippen molar-refractivity contribution in [2.45, 2.75) is 129 Å². The second-order valence-corrected chi connectivity index (χ2v) is 18.9. The summed E-state index contributed by atoms with van der Waals surface area (Å²) in [5.74, 6) is -10.2. The van der Waals surface area contributed by atoms with Crippen molar-refractivity contribution in [3.8, 4) is 5.75 Å². The number of carboxylic acid groups (broad SMARTS) is 1. The zero-order valence-corrected chi connectivity index (χ0v) is 42.7. The zero-order valence-electron chi connectivity index (χ0n) is 42.7. The van der Waals surface area contributed by atoms with Crippen LogP contribution in [-0.4, -0.2) is 165 Å². The smallest absolute Gasteiger partial charge is 0.326 e. The number of phenols is 1. The number of carbonyl (C=O) groups excluding carboxylic acids is 9. The Kier molecular flexibility index (Phi) is 26.7. The van der Waals surface area contributed by atoms with Gasteiger partial charge in [-0.2, -0.15) is 0 Å². The highest BCUT2D eigenvalue weighted by Crippen LogP contribution is 2.13. The molecule has 0 radical (unpaired) electrons. The van der Waals surface area contributed by atoms with Gasteiger partial charge in [-0.15, -0.1) is 0 Å². The topological polar surface area (TPSA) is 406 Å². The number of aliphatic carboxylic acids is 1. The molecule has 2 aromatic rings. The van der Waals surface area contributed by atoms with Gasteiger partial charge in [0.2, 0.25) is 53.2 Å². The first kappa shape index (κ1) is 62.9. The van der Waals surface area contributed by atoms with Gasteiger partial charge in [-0.25, -0.2) is 4.79 Å². The maximum atomic E-state index is 13.5. The van der Waals surface area contributed by atoms with Gasteiger partial charge in [0.1, 0.15) is 54.1 Å². The Morgan fingerprint density at radius 1 is 0.473 bits per heavy atom. The van der Waals surface area contributed by atoms with Gasteiger partial charge < -0.3 is 79.1 Å². The number of carboxylic acids is 1. The molecule has 0 aliphatic heterocycles. The number of hydrogen-bond acceptors (Lipinski definition) is 15. The van der Waals surface area contributed by atoms with Gasteiger partial charge in [0, 0.05) is 12.8 Å². The molecular weight excluding hydrogens is 969 g/mol. The lowest BCUT2D eigenvalue weighted by Gasteiger charge is -2.28. The average molecular weight is 1040 g/mol. The average Bonchev–Trinajstić information content (AvgIpc) is 3.34. The van der Waals surface area contributed by atoms with Gasteiger partial charge >= 0.3 is 5.97 Å². The summed E-state index contributed by atoms with van der Waals surface area (Å²) < 4.78 is 0. The number of carbonyl (C=O) groups is 10. The molecule has 0 unspecified atom stereocenters. The molecule has 0 aromatic heterocycles. The van der Waals surface area contributed by atoms with Gasteiger partial charge in [-0.3, -0.25) is 43.2 Å². The molecule has 0 aliphatic carbocycles. The van der Waals surface area contributed by atoms with E-state index in [2.05, 4.69) is 47.9 Å². The maximum Gasteiger partial charge on any atom is 0.326 e.